The minimum absolute atomic E-state index is 0.0386. The lowest BCUT2D eigenvalue weighted by Crippen LogP contribution is -2.42. The average molecular weight is 245 g/mol. The van der Waals surface area contributed by atoms with Crippen molar-refractivity contribution in [1.82, 2.24) is 4.90 Å². The van der Waals surface area contributed by atoms with Crippen molar-refractivity contribution in [2.45, 2.75) is 39.7 Å². The van der Waals surface area contributed by atoms with E-state index in [0.29, 0.717) is 12.0 Å². The number of rotatable bonds is 1. The quantitative estimate of drug-likeness (QED) is 0.762. The summed E-state index contributed by atoms with van der Waals surface area (Å²) in [5.74, 6) is 0.0986. The second-order valence-electron chi connectivity index (χ2n) is 5.74. The fraction of sp³-hybridized carbons (Fsp3) is 0.467. The van der Waals surface area contributed by atoms with Gasteiger partial charge in [0.2, 0.25) is 0 Å². The fourth-order valence-corrected chi connectivity index (χ4v) is 2.57. The lowest BCUT2D eigenvalue weighted by Gasteiger charge is -2.31. The number of likely N-dealkylation sites (tertiary alicyclic amines) is 1. The number of ketones is 1. The first-order valence-electron chi connectivity index (χ1n) is 6.22. The van der Waals surface area contributed by atoms with Crippen molar-refractivity contribution in [3.05, 3.63) is 34.9 Å². The summed E-state index contributed by atoms with van der Waals surface area (Å²) in [6.07, 6.45) is 0.448. The van der Waals surface area contributed by atoms with Gasteiger partial charge in [-0.05, 0) is 39.3 Å². The molecule has 0 unspecified atom stereocenters. The lowest BCUT2D eigenvalue weighted by molar-refractivity contribution is -0.116. The summed E-state index contributed by atoms with van der Waals surface area (Å²) in [5, 5.41) is 0. The van der Waals surface area contributed by atoms with Crippen LogP contribution in [0.4, 0.5) is 0 Å². The van der Waals surface area contributed by atoms with E-state index < -0.39 is 0 Å². The van der Waals surface area contributed by atoms with Gasteiger partial charge in [-0.25, -0.2) is 0 Å². The Hall–Kier alpha value is -1.64. The van der Waals surface area contributed by atoms with Crippen LogP contribution < -0.4 is 0 Å². The maximum Gasteiger partial charge on any atom is 0.254 e. The molecule has 0 aromatic heterocycles. The van der Waals surface area contributed by atoms with Crippen LogP contribution in [0.15, 0.2) is 18.2 Å². The van der Waals surface area contributed by atoms with E-state index in [4.69, 9.17) is 0 Å². The van der Waals surface area contributed by atoms with E-state index in [9.17, 15) is 9.59 Å². The third-order valence-electron chi connectivity index (χ3n) is 3.55. The number of Topliss-reactive ketones (excluding diaryl/α,β-unsaturated/α-hetero) is 1. The zero-order valence-corrected chi connectivity index (χ0v) is 11.4. The smallest absolute Gasteiger partial charge is 0.254 e. The van der Waals surface area contributed by atoms with Crippen LogP contribution in [0, 0.1) is 13.8 Å². The van der Waals surface area contributed by atoms with Gasteiger partial charge in [0, 0.05) is 17.5 Å². The van der Waals surface area contributed by atoms with Gasteiger partial charge in [-0.1, -0.05) is 17.7 Å². The highest BCUT2D eigenvalue weighted by Crippen LogP contribution is 2.28. The number of nitrogens with zero attached hydrogens (tertiary/aromatic N) is 1. The molecule has 0 aliphatic carbocycles. The molecule has 1 aliphatic rings. The molecule has 3 heteroatoms. The van der Waals surface area contributed by atoms with Gasteiger partial charge in [0.15, 0.2) is 5.78 Å². The molecule has 0 bridgehead atoms. The monoisotopic (exact) mass is 245 g/mol. The molecule has 3 nitrogen and oxygen atoms in total. The van der Waals surface area contributed by atoms with Crippen molar-refractivity contribution >= 4 is 11.7 Å². The van der Waals surface area contributed by atoms with Gasteiger partial charge in [0.1, 0.15) is 0 Å². The largest absolute Gasteiger partial charge is 0.326 e. The van der Waals surface area contributed by atoms with Crippen molar-refractivity contribution in [2.24, 2.45) is 0 Å². The molecule has 96 valence electrons. The van der Waals surface area contributed by atoms with Gasteiger partial charge in [-0.15, -0.1) is 0 Å². The third kappa shape index (κ3) is 2.17. The van der Waals surface area contributed by atoms with Crippen LogP contribution in [0.5, 0.6) is 0 Å². The molecule has 1 aromatic carbocycles. The van der Waals surface area contributed by atoms with Crippen molar-refractivity contribution in [3.8, 4) is 0 Å². The van der Waals surface area contributed by atoms with Gasteiger partial charge in [0.25, 0.3) is 5.91 Å². The molecule has 2 rings (SSSR count). The highest BCUT2D eigenvalue weighted by atomic mass is 16.2. The first-order chi connectivity index (χ1) is 8.31. The van der Waals surface area contributed by atoms with Gasteiger partial charge in [0.05, 0.1) is 6.54 Å². The zero-order valence-electron chi connectivity index (χ0n) is 11.4. The maximum absolute atomic E-state index is 12.5. The summed E-state index contributed by atoms with van der Waals surface area (Å²) in [6.45, 7) is 8.06. The minimum Gasteiger partial charge on any atom is -0.326 e. The molecule has 0 radical (unpaired) electrons. The van der Waals surface area contributed by atoms with E-state index >= 15 is 0 Å². The minimum atomic E-state index is -0.370. The maximum atomic E-state index is 12.5. The summed E-state index contributed by atoms with van der Waals surface area (Å²) >= 11 is 0. The molecule has 1 amide bonds. The molecule has 1 heterocycles. The Bertz CT molecular complexity index is 517. The molecule has 0 N–H and O–H groups in total. The Kier molecular flexibility index (Phi) is 3.01. The zero-order chi connectivity index (χ0) is 13.5. The molecule has 0 saturated carbocycles. The van der Waals surface area contributed by atoms with E-state index in [2.05, 4.69) is 0 Å². The molecular weight excluding hydrogens is 226 g/mol. The van der Waals surface area contributed by atoms with Crippen LogP contribution in [-0.4, -0.2) is 28.7 Å². The Morgan fingerprint density at radius 3 is 2.44 bits per heavy atom. The van der Waals surface area contributed by atoms with Crippen molar-refractivity contribution < 1.29 is 9.59 Å². The van der Waals surface area contributed by atoms with E-state index in [1.807, 2.05) is 45.9 Å². The second kappa shape index (κ2) is 4.23. The van der Waals surface area contributed by atoms with E-state index in [1.165, 1.54) is 0 Å². The predicted octanol–water partition coefficient (Wildman–Crippen LogP) is 2.50. The number of aryl methyl sites for hydroxylation is 2. The van der Waals surface area contributed by atoms with Crippen molar-refractivity contribution in [2.75, 3.05) is 6.54 Å². The lowest BCUT2D eigenvalue weighted by atomic mass is 9.99. The summed E-state index contributed by atoms with van der Waals surface area (Å²) < 4.78 is 0. The van der Waals surface area contributed by atoms with Crippen LogP contribution in [0.25, 0.3) is 0 Å². The first kappa shape index (κ1) is 12.8. The number of hydrogen-bond donors (Lipinski definition) is 0. The van der Waals surface area contributed by atoms with E-state index in [1.54, 1.807) is 4.90 Å². The number of amides is 1. The predicted molar refractivity (Wildman–Crippen MR) is 70.7 cm³/mol. The Balaban J connectivity index is 2.34. The number of benzene rings is 1. The van der Waals surface area contributed by atoms with E-state index in [0.717, 1.165) is 11.1 Å². The Morgan fingerprint density at radius 2 is 1.94 bits per heavy atom. The molecule has 1 saturated heterocycles. The number of carbonyl (C=O) groups is 2. The Morgan fingerprint density at radius 1 is 1.28 bits per heavy atom. The highest BCUT2D eigenvalue weighted by Gasteiger charge is 2.40. The molecule has 0 spiro atoms. The van der Waals surface area contributed by atoms with Gasteiger partial charge < -0.3 is 4.90 Å². The number of carbonyl (C=O) groups excluding carboxylic acids is 2. The SMILES string of the molecule is Cc1ccc(C(=O)N2CC(=O)CC2(C)C)c(C)c1. The highest BCUT2D eigenvalue weighted by molar-refractivity contribution is 6.00. The molecule has 1 fully saturated rings. The average Bonchev–Trinajstić information content (AvgIpc) is 2.51. The summed E-state index contributed by atoms with van der Waals surface area (Å²) in [6, 6.07) is 5.79. The Labute approximate surface area is 108 Å². The van der Waals surface area contributed by atoms with Crippen LogP contribution in [0.1, 0.15) is 41.8 Å². The standard InChI is InChI=1S/C15H19NO2/c1-10-5-6-13(11(2)7-10)14(18)16-9-12(17)8-15(16,3)4/h5-7H,8-9H2,1-4H3. The van der Waals surface area contributed by atoms with Crippen molar-refractivity contribution in [3.63, 3.8) is 0 Å². The molecule has 18 heavy (non-hydrogen) atoms. The molecular formula is C15H19NO2. The van der Waals surface area contributed by atoms with Gasteiger partial charge in [-0.2, -0.15) is 0 Å². The second-order valence-corrected chi connectivity index (χ2v) is 5.74. The van der Waals surface area contributed by atoms with E-state index in [-0.39, 0.29) is 23.8 Å². The fourth-order valence-electron chi connectivity index (χ4n) is 2.57. The molecule has 1 aliphatic heterocycles. The van der Waals surface area contributed by atoms with Gasteiger partial charge >= 0.3 is 0 Å². The summed E-state index contributed by atoms with van der Waals surface area (Å²) in [4.78, 5) is 25.8. The summed E-state index contributed by atoms with van der Waals surface area (Å²) in [7, 11) is 0. The van der Waals surface area contributed by atoms with Crippen LogP contribution in [0.2, 0.25) is 0 Å². The third-order valence-corrected chi connectivity index (χ3v) is 3.55. The molecule has 0 atom stereocenters. The summed E-state index contributed by atoms with van der Waals surface area (Å²) in [5.41, 5.74) is 2.44. The topological polar surface area (TPSA) is 37.4 Å². The van der Waals surface area contributed by atoms with Crippen LogP contribution in [-0.2, 0) is 4.79 Å². The van der Waals surface area contributed by atoms with Crippen LogP contribution in [0.3, 0.4) is 0 Å². The molecule has 1 aromatic rings. The van der Waals surface area contributed by atoms with Crippen LogP contribution >= 0.6 is 0 Å². The normalized spacial score (nSPS) is 18.2. The van der Waals surface area contributed by atoms with Gasteiger partial charge in [-0.3, -0.25) is 9.59 Å². The first-order valence-corrected chi connectivity index (χ1v) is 6.22. The number of hydrogen-bond acceptors (Lipinski definition) is 2. The van der Waals surface area contributed by atoms with Crippen molar-refractivity contribution in [1.29, 1.82) is 0 Å².